The normalized spacial score (nSPS) is 10.2. The van der Waals surface area contributed by atoms with Crippen LogP contribution in [0.2, 0.25) is 5.15 Å². The van der Waals surface area contributed by atoms with E-state index in [2.05, 4.69) is 15.6 Å². The van der Waals surface area contributed by atoms with Crippen molar-refractivity contribution < 1.29 is 4.79 Å². The van der Waals surface area contributed by atoms with Crippen molar-refractivity contribution in [1.82, 2.24) is 10.3 Å². The second-order valence-electron chi connectivity index (χ2n) is 4.68. The van der Waals surface area contributed by atoms with Gasteiger partial charge < -0.3 is 10.6 Å². The lowest BCUT2D eigenvalue weighted by Crippen LogP contribution is -2.24. The molecule has 0 aliphatic rings. The molecule has 0 fully saturated rings. The molecular weight excluding hydrogens is 286 g/mol. The summed E-state index contributed by atoms with van der Waals surface area (Å²) >= 11 is 5.84. The lowest BCUT2D eigenvalue weighted by molar-refractivity contribution is 0.0953. The molecular formula is C16H18ClN3O. The molecule has 21 heavy (non-hydrogen) atoms. The van der Waals surface area contributed by atoms with E-state index in [-0.39, 0.29) is 5.91 Å². The van der Waals surface area contributed by atoms with Gasteiger partial charge in [-0.15, -0.1) is 0 Å². The van der Waals surface area contributed by atoms with E-state index >= 15 is 0 Å². The minimum atomic E-state index is -0.0364. The molecule has 0 saturated carbocycles. The highest BCUT2D eigenvalue weighted by Gasteiger charge is 2.05. The smallest absolute Gasteiger partial charge is 0.251 e. The Hall–Kier alpha value is -2.07. The highest BCUT2D eigenvalue weighted by atomic mass is 35.5. The summed E-state index contributed by atoms with van der Waals surface area (Å²) in [4.78, 5) is 15.9. The number of hydrogen-bond acceptors (Lipinski definition) is 3. The lowest BCUT2D eigenvalue weighted by atomic mass is 10.1. The first-order chi connectivity index (χ1) is 10.2. The second kappa shape index (κ2) is 7.64. The third-order valence-corrected chi connectivity index (χ3v) is 3.15. The number of rotatable bonds is 6. The molecule has 2 N–H and O–H groups in total. The number of carbonyl (C=O) groups excluding carboxylic acids is 1. The molecule has 0 spiro atoms. The van der Waals surface area contributed by atoms with E-state index in [1.807, 2.05) is 37.3 Å². The monoisotopic (exact) mass is 303 g/mol. The van der Waals surface area contributed by atoms with Gasteiger partial charge >= 0.3 is 0 Å². The van der Waals surface area contributed by atoms with E-state index in [4.69, 9.17) is 11.6 Å². The molecule has 1 amide bonds. The van der Waals surface area contributed by atoms with Crippen molar-refractivity contribution in [3.63, 3.8) is 0 Å². The van der Waals surface area contributed by atoms with Crippen LogP contribution in [0, 0.1) is 0 Å². The minimum absolute atomic E-state index is 0.0364. The fourth-order valence-corrected chi connectivity index (χ4v) is 2.05. The molecule has 0 saturated heterocycles. The number of carbonyl (C=O) groups is 1. The van der Waals surface area contributed by atoms with Gasteiger partial charge in [0.25, 0.3) is 5.91 Å². The molecule has 1 aromatic heterocycles. The second-order valence-corrected chi connectivity index (χ2v) is 5.06. The van der Waals surface area contributed by atoms with E-state index in [9.17, 15) is 4.79 Å². The predicted octanol–water partition coefficient (Wildman–Crippen LogP) is 3.49. The van der Waals surface area contributed by atoms with Crippen LogP contribution in [0.5, 0.6) is 0 Å². The number of benzene rings is 1. The Kier molecular flexibility index (Phi) is 5.58. The Morgan fingerprint density at radius 1 is 1.29 bits per heavy atom. The Bertz CT molecular complexity index is 616. The van der Waals surface area contributed by atoms with Crippen LogP contribution >= 0.6 is 11.6 Å². The summed E-state index contributed by atoms with van der Waals surface area (Å²) in [6.45, 7) is 3.34. The number of amides is 1. The number of halogens is 1. The third-order valence-electron chi connectivity index (χ3n) is 2.95. The van der Waals surface area contributed by atoms with Crippen LogP contribution in [0.15, 0.2) is 42.6 Å². The average molecular weight is 304 g/mol. The van der Waals surface area contributed by atoms with Gasteiger partial charge in [0.05, 0.1) is 0 Å². The number of anilines is 1. The molecule has 4 nitrogen and oxygen atoms in total. The summed E-state index contributed by atoms with van der Waals surface area (Å²) in [5.41, 5.74) is 2.61. The molecule has 0 unspecified atom stereocenters. The Morgan fingerprint density at radius 2 is 2.14 bits per heavy atom. The third kappa shape index (κ3) is 4.76. The Balaban J connectivity index is 1.99. The van der Waals surface area contributed by atoms with Gasteiger partial charge in [-0.25, -0.2) is 4.98 Å². The zero-order valence-electron chi connectivity index (χ0n) is 11.9. The standard InChI is InChI=1S/C16H18ClN3O/c1-2-7-19-16(21)13-5-3-4-12(9-13)11-20-14-6-8-18-15(17)10-14/h3-6,8-10H,2,7,11H2,1H3,(H,18,20)(H,19,21). The van der Waals surface area contributed by atoms with E-state index in [0.29, 0.717) is 23.8 Å². The molecule has 0 bridgehead atoms. The molecule has 0 aliphatic heterocycles. The van der Waals surface area contributed by atoms with Gasteiger partial charge in [-0.1, -0.05) is 30.7 Å². The van der Waals surface area contributed by atoms with Crippen LogP contribution in [0.25, 0.3) is 0 Å². The number of pyridine rings is 1. The topological polar surface area (TPSA) is 54.0 Å². The maximum absolute atomic E-state index is 11.9. The number of aromatic nitrogens is 1. The average Bonchev–Trinajstić information content (AvgIpc) is 2.51. The van der Waals surface area contributed by atoms with Crippen molar-refractivity contribution in [2.24, 2.45) is 0 Å². The Morgan fingerprint density at radius 3 is 2.90 bits per heavy atom. The van der Waals surface area contributed by atoms with Crippen molar-refractivity contribution in [2.45, 2.75) is 19.9 Å². The SMILES string of the molecule is CCCNC(=O)c1cccc(CNc2ccnc(Cl)c2)c1. The van der Waals surface area contributed by atoms with Crippen molar-refractivity contribution in [3.8, 4) is 0 Å². The lowest BCUT2D eigenvalue weighted by Gasteiger charge is -2.08. The van der Waals surface area contributed by atoms with Crippen LogP contribution in [0.4, 0.5) is 5.69 Å². The fourth-order valence-electron chi connectivity index (χ4n) is 1.88. The quantitative estimate of drug-likeness (QED) is 0.803. The highest BCUT2D eigenvalue weighted by molar-refractivity contribution is 6.29. The van der Waals surface area contributed by atoms with E-state index in [1.54, 1.807) is 12.3 Å². The van der Waals surface area contributed by atoms with Crippen molar-refractivity contribution >= 4 is 23.2 Å². The molecule has 2 rings (SSSR count). The maximum atomic E-state index is 11.9. The molecule has 1 aromatic carbocycles. The summed E-state index contributed by atoms with van der Waals surface area (Å²) in [5.74, 6) is -0.0364. The molecule has 0 atom stereocenters. The van der Waals surface area contributed by atoms with Crippen LogP contribution in [-0.2, 0) is 6.54 Å². The molecule has 1 heterocycles. The van der Waals surface area contributed by atoms with Crippen molar-refractivity contribution in [2.75, 3.05) is 11.9 Å². The first-order valence-corrected chi connectivity index (χ1v) is 7.29. The maximum Gasteiger partial charge on any atom is 0.251 e. The van der Waals surface area contributed by atoms with Gasteiger partial charge in [-0.3, -0.25) is 4.79 Å². The number of hydrogen-bond donors (Lipinski definition) is 2. The van der Waals surface area contributed by atoms with Crippen molar-refractivity contribution in [1.29, 1.82) is 0 Å². The summed E-state index contributed by atoms with van der Waals surface area (Å²) in [6.07, 6.45) is 2.58. The van der Waals surface area contributed by atoms with E-state index < -0.39 is 0 Å². The molecule has 110 valence electrons. The summed E-state index contributed by atoms with van der Waals surface area (Å²) in [5, 5.41) is 6.58. The summed E-state index contributed by atoms with van der Waals surface area (Å²) in [6, 6.07) is 11.2. The number of nitrogens with zero attached hydrogens (tertiary/aromatic N) is 1. The van der Waals surface area contributed by atoms with Gasteiger partial charge in [-0.2, -0.15) is 0 Å². The molecule has 0 aliphatic carbocycles. The van der Waals surface area contributed by atoms with Gasteiger partial charge in [0.15, 0.2) is 0 Å². The zero-order valence-corrected chi connectivity index (χ0v) is 12.7. The molecule has 2 aromatic rings. The van der Waals surface area contributed by atoms with E-state index in [1.165, 1.54) is 0 Å². The van der Waals surface area contributed by atoms with Gasteiger partial charge in [0.1, 0.15) is 5.15 Å². The van der Waals surface area contributed by atoms with Crippen molar-refractivity contribution in [3.05, 3.63) is 58.9 Å². The predicted molar refractivity (Wildman–Crippen MR) is 85.6 cm³/mol. The molecule has 5 heteroatoms. The van der Waals surface area contributed by atoms with Gasteiger partial charge in [0.2, 0.25) is 0 Å². The minimum Gasteiger partial charge on any atom is -0.381 e. The highest BCUT2D eigenvalue weighted by Crippen LogP contribution is 2.14. The molecule has 0 radical (unpaired) electrons. The largest absolute Gasteiger partial charge is 0.381 e. The van der Waals surface area contributed by atoms with Crippen LogP contribution < -0.4 is 10.6 Å². The zero-order chi connectivity index (χ0) is 15.1. The van der Waals surface area contributed by atoms with Gasteiger partial charge in [0, 0.05) is 30.5 Å². The summed E-state index contributed by atoms with van der Waals surface area (Å²) in [7, 11) is 0. The van der Waals surface area contributed by atoms with Gasteiger partial charge in [-0.05, 0) is 36.2 Å². The van der Waals surface area contributed by atoms with Crippen LogP contribution in [0.1, 0.15) is 29.3 Å². The van der Waals surface area contributed by atoms with Crippen LogP contribution in [0.3, 0.4) is 0 Å². The first kappa shape index (κ1) is 15.3. The van der Waals surface area contributed by atoms with E-state index in [0.717, 1.165) is 17.7 Å². The number of nitrogens with one attached hydrogen (secondary N) is 2. The first-order valence-electron chi connectivity index (χ1n) is 6.91. The summed E-state index contributed by atoms with van der Waals surface area (Å²) < 4.78 is 0. The van der Waals surface area contributed by atoms with Crippen LogP contribution in [-0.4, -0.2) is 17.4 Å². The fraction of sp³-hybridized carbons (Fsp3) is 0.250. The Labute approximate surface area is 129 Å².